The highest BCUT2D eigenvalue weighted by molar-refractivity contribution is 6.30. The molecule has 4 heterocycles. The van der Waals surface area contributed by atoms with Crippen LogP contribution < -0.4 is 10.5 Å². The average molecular weight is 505 g/mol. The summed E-state index contributed by atoms with van der Waals surface area (Å²) in [5.41, 5.74) is 0.0724. The minimum Gasteiger partial charge on any atom is -0.370 e. The number of fused-ring (bicyclic) bond motifs is 1. The summed E-state index contributed by atoms with van der Waals surface area (Å²) >= 11 is 5.91. The Bertz CT molecular complexity index is 1490. The van der Waals surface area contributed by atoms with Gasteiger partial charge in [0.1, 0.15) is 28.9 Å². The van der Waals surface area contributed by atoms with Crippen molar-refractivity contribution in [2.24, 2.45) is 14.1 Å². The molecule has 182 valence electrons. The maximum atomic E-state index is 14.9. The van der Waals surface area contributed by atoms with Crippen molar-refractivity contribution in [3.8, 4) is 11.3 Å². The minimum atomic E-state index is -3.00. The van der Waals surface area contributed by atoms with Crippen LogP contribution in [0.3, 0.4) is 0 Å². The van der Waals surface area contributed by atoms with Crippen LogP contribution in [0.4, 0.5) is 19.0 Å². The highest BCUT2D eigenvalue weighted by Crippen LogP contribution is 2.33. The first-order valence-electron chi connectivity index (χ1n) is 10.7. The first kappa shape index (κ1) is 23.3. The molecular formula is C23H20ClF3N6O2. The first-order chi connectivity index (χ1) is 16.7. The number of nitrogens with zero attached hydrogens (tertiary/aromatic N) is 6. The molecule has 0 N–H and O–H groups in total. The molecule has 35 heavy (non-hydrogen) atoms. The summed E-state index contributed by atoms with van der Waals surface area (Å²) in [5, 5.41) is 4.40. The maximum Gasteiger partial charge on any atom is 0.295 e. The highest BCUT2D eigenvalue weighted by atomic mass is 35.5. The SMILES string of the molecule is Cn1cc([C@H]2CN(c3cc4c(=O)n(C)c(C(F)F)nc4c(-c4ccc(Cl)cc4F)n3)CCO2)cn1. The number of benzene rings is 1. The molecule has 3 aromatic heterocycles. The Balaban J connectivity index is 1.70. The fraction of sp³-hybridized carbons (Fsp3) is 0.304. The molecule has 4 aromatic rings. The lowest BCUT2D eigenvalue weighted by Gasteiger charge is -2.33. The third-order valence-electron chi connectivity index (χ3n) is 5.95. The molecule has 0 amide bonds. The number of ether oxygens (including phenoxy) is 1. The van der Waals surface area contributed by atoms with E-state index in [1.54, 1.807) is 17.9 Å². The summed E-state index contributed by atoms with van der Waals surface area (Å²) in [4.78, 5) is 23.6. The summed E-state index contributed by atoms with van der Waals surface area (Å²) in [7, 11) is 3.03. The molecule has 1 aromatic carbocycles. The smallest absolute Gasteiger partial charge is 0.295 e. The highest BCUT2D eigenvalue weighted by Gasteiger charge is 2.27. The normalized spacial score (nSPS) is 16.4. The molecule has 1 saturated heterocycles. The Kier molecular flexibility index (Phi) is 5.97. The van der Waals surface area contributed by atoms with Crippen LogP contribution >= 0.6 is 11.6 Å². The summed E-state index contributed by atoms with van der Waals surface area (Å²) < 4.78 is 50.5. The van der Waals surface area contributed by atoms with E-state index < -0.39 is 23.6 Å². The third kappa shape index (κ3) is 4.25. The molecule has 1 aliphatic heterocycles. The Morgan fingerprint density at radius 3 is 2.69 bits per heavy atom. The van der Waals surface area contributed by atoms with Crippen molar-refractivity contribution < 1.29 is 17.9 Å². The lowest BCUT2D eigenvalue weighted by Crippen LogP contribution is -2.39. The summed E-state index contributed by atoms with van der Waals surface area (Å²) in [6.07, 6.45) is 0.261. The van der Waals surface area contributed by atoms with Gasteiger partial charge in [-0.05, 0) is 24.3 Å². The second-order valence-corrected chi connectivity index (χ2v) is 8.67. The van der Waals surface area contributed by atoms with Gasteiger partial charge in [0, 0.05) is 49.5 Å². The van der Waals surface area contributed by atoms with Gasteiger partial charge in [-0.1, -0.05) is 11.6 Å². The van der Waals surface area contributed by atoms with Gasteiger partial charge in [0.25, 0.3) is 12.0 Å². The molecule has 0 spiro atoms. The summed E-state index contributed by atoms with van der Waals surface area (Å²) in [6, 6.07) is 5.45. The zero-order chi connectivity index (χ0) is 24.9. The number of aryl methyl sites for hydroxylation is 1. The molecular weight excluding hydrogens is 485 g/mol. The van der Waals surface area contributed by atoms with E-state index in [0.29, 0.717) is 25.5 Å². The number of halogens is 4. The standard InChI is InChI=1S/C23H20ClF3N6O2/c1-31-10-12(9-28-31)17-11-33(5-6-35-17)18-8-15-20(30-22(21(26)27)32(2)23(15)34)19(29-18)14-4-3-13(24)7-16(14)25/h3-4,7-10,17,21H,5-6,11H2,1-2H3/t17-/m1/s1. The van der Waals surface area contributed by atoms with Gasteiger partial charge in [0.15, 0.2) is 5.82 Å². The molecule has 1 aliphatic rings. The quantitative estimate of drug-likeness (QED) is 0.417. The Labute approximate surface area is 202 Å². The van der Waals surface area contributed by atoms with E-state index in [0.717, 1.165) is 16.2 Å². The van der Waals surface area contributed by atoms with Crippen LogP contribution in [0.15, 0.2) is 41.5 Å². The van der Waals surface area contributed by atoms with E-state index in [1.165, 1.54) is 25.2 Å². The zero-order valence-electron chi connectivity index (χ0n) is 18.8. The van der Waals surface area contributed by atoms with Crippen molar-refractivity contribution in [1.82, 2.24) is 24.3 Å². The number of hydrogen-bond donors (Lipinski definition) is 0. The van der Waals surface area contributed by atoms with Crippen molar-refractivity contribution in [3.05, 3.63) is 69.2 Å². The topological polar surface area (TPSA) is 78.1 Å². The average Bonchev–Trinajstić information content (AvgIpc) is 3.27. The van der Waals surface area contributed by atoms with Gasteiger partial charge in [-0.3, -0.25) is 14.0 Å². The summed E-state index contributed by atoms with van der Waals surface area (Å²) in [5.74, 6) is -1.06. The van der Waals surface area contributed by atoms with E-state index in [2.05, 4.69) is 15.1 Å². The zero-order valence-corrected chi connectivity index (χ0v) is 19.5. The van der Waals surface area contributed by atoms with E-state index in [-0.39, 0.29) is 33.3 Å². The molecule has 0 bridgehead atoms. The van der Waals surface area contributed by atoms with Gasteiger partial charge in [-0.25, -0.2) is 23.1 Å². The fourth-order valence-electron chi connectivity index (χ4n) is 4.17. The van der Waals surface area contributed by atoms with Crippen LogP contribution in [0, 0.1) is 5.82 Å². The third-order valence-corrected chi connectivity index (χ3v) is 6.19. The molecule has 12 heteroatoms. The number of morpholine rings is 1. The molecule has 0 radical (unpaired) electrons. The molecule has 0 unspecified atom stereocenters. The molecule has 1 fully saturated rings. The Hall–Kier alpha value is -3.44. The first-order valence-corrected chi connectivity index (χ1v) is 11.1. The van der Waals surface area contributed by atoms with E-state index in [4.69, 9.17) is 16.3 Å². The summed E-state index contributed by atoms with van der Waals surface area (Å²) in [6.45, 7) is 1.24. The Morgan fingerprint density at radius 1 is 1.20 bits per heavy atom. The van der Waals surface area contributed by atoms with Crippen LogP contribution in [0.1, 0.15) is 23.9 Å². The van der Waals surface area contributed by atoms with Crippen molar-refractivity contribution in [2.75, 3.05) is 24.6 Å². The van der Waals surface area contributed by atoms with E-state index in [1.807, 2.05) is 11.1 Å². The van der Waals surface area contributed by atoms with Gasteiger partial charge in [-0.2, -0.15) is 5.10 Å². The van der Waals surface area contributed by atoms with Crippen LogP contribution in [0.2, 0.25) is 5.02 Å². The minimum absolute atomic E-state index is 0.000659. The van der Waals surface area contributed by atoms with Gasteiger partial charge in [-0.15, -0.1) is 0 Å². The molecule has 1 atom stereocenters. The molecule has 0 aliphatic carbocycles. The lowest BCUT2D eigenvalue weighted by atomic mass is 10.1. The Morgan fingerprint density at radius 2 is 2.00 bits per heavy atom. The predicted molar refractivity (Wildman–Crippen MR) is 124 cm³/mol. The van der Waals surface area contributed by atoms with Crippen LogP contribution in [0.5, 0.6) is 0 Å². The van der Waals surface area contributed by atoms with Gasteiger partial charge in [0.2, 0.25) is 0 Å². The van der Waals surface area contributed by atoms with Crippen LogP contribution in [-0.4, -0.2) is 44.0 Å². The van der Waals surface area contributed by atoms with Crippen LogP contribution in [-0.2, 0) is 18.8 Å². The number of anilines is 1. The van der Waals surface area contributed by atoms with Gasteiger partial charge >= 0.3 is 0 Å². The van der Waals surface area contributed by atoms with E-state index >= 15 is 0 Å². The number of aromatic nitrogens is 5. The fourth-order valence-corrected chi connectivity index (χ4v) is 4.33. The second kappa shape index (κ2) is 8.97. The second-order valence-electron chi connectivity index (χ2n) is 8.24. The molecule has 5 rings (SSSR count). The van der Waals surface area contributed by atoms with E-state index in [9.17, 15) is 18.0 Å². The largest absolute Gasteiger partial charge is 0.370 e. The number of alkyl halides is 2. The van der Waals surface area contributed by atoms with Crippen molar-refractivity contribution in [2.45, 2.75) is 12.5 Å². The lowest BCUT2D eigenvalue weighted by molar-refractivity contribution is 0.0395. The van der Waals surface area contributed by atoms with Crippen LogP contribution in [0.25, 0.3) is 22.2 Å². The monoisotopic (exact) mass is 504 g/mol. The molecule has 0 saturated carbocycles. The van der Waals surface area contributed by atoms with Crippen molar-refractivity contribution in [1.29, 1.82) is 0 Å². The molecule has 8 nitrogen and oxygen atoms in total. The predicted octanol–water partition coefficient (Wildman–Crippen LogP) is 4.04. The maximum absolute atomic E-state index is 14.9. The number of hydrogen-bond acceptors (Lipinski definition) is 6. The number of rotatable bonds is 4. The van der Waals surface area contributed by atoms with Crippen molar-refractivity contribution in [3.63, 3.8) is 0 Å². The van der Waals surface area contributed by atoms with Gasteiger partial charge in [0.05, 0.1) is 18.2 Å². The van der Waals surface area contributed by atoms with Crippen molar-refractivity contribution >= 4 is 28.3 Å². The number of pyridine rings is 1. The van der Waals surface area contributed by atoms with Gasteiger partial charge < -0.3 is 9.64 Å².